The highest BCUT2D eigenvalue weighted by molar-refractivity contribution is 7.86. The van der Waals surface area contributed by atoms with E-state index in [0.29, 0.717) is 11.5 Å². The lowest BCUT2D eigenvalue weighted by atomic mass is 9.86. The van der Waals surface area contributed by atoms with E-state index < -0.39 is 10.1 Å². The fourth-order valence-electron chi connectivity index (χ4n) is 1.46. The molecule has 0 radical (unpaired) electrons. The summed E-state index contributed by atoms with van der Waals surface area (Å²) < 4.78 is 32.5. The van der Waals surface area contributed by atoms with Crippen LogP contribution in [-0.2, 0) is 15.5 Å². The van der Waals surface area contributed by atoms with Crippen molar-refractivity contribution < 1.29 is 17.3 Å². The van der Waals surface area contributed by atoms with Crippen LogP contribution in [0.15, 0.2) is 18.2 Å². The number of rotatable bonds is 3. The van der Waals surface area contributed by atoms with Gasteiger partial charge in [0.1, 0.15) is 11.5 Å². The van der Waals surface area contributed by atoms with Crippen molar-refractivity contribution in [3.05, 3.63) is 23.8 Å². The van der Waals surface area contributed by atoms with Crippen LogP contribution in [0.2, 0.25) is 0 Å². The van der Waals surface area contributed by atoms with Gasteiger partial charge in [-0.15, -0.1) is 0 Å². The zero-order valence-electron chi connectivity index (χ0n) is 10.8. The summed E-state index contributed by atoms with van der Waals surface area (Å²) in [5.41, 5.74) is 0.566. The van der Waals surface area contributed by atoms with Crippen LogP contribution in [0, 0.1) is 0 Å². The number of hydrogen-bond donors (Lipinski definition) is 0. The Balaban J connectivity index is 3.30. The van der Waals surface area contributed by atoms with E-state index in [9.17, 15) is 8.42 Å². The van der Waals surface area contributed by atoms with Crippen LogP contribution in [0.3, 0.4) is 0 Å². The Bertz CT molecular complexity index is 498. The molecule has 0 bridgehead atoms. The molecule has 0 spiro atoms. The maximum atomic E-state index is 11.2. The summed E-state index contributed by atoms with van der Waals surface area (Å²) in [7, 11) is -1.95. The highest BCUT2D eigenvalue weighted by atomic mass is 32.2. The fraction of sp³-hybridized carbons (Fsp3) is 0.500. The van der Waals surface area contributed by atoms with Crippen LogP contribution in [0.5, 0.6) is 11.5 Å². The number of hydrogen-bond acceptors (Lipinski definition) is 4. The van der Waals surface area contributed by atoms with Gasteiger partial charge in [0, 0.05) is 5.56 Å². The van der Waals surface area contributed by atoms with Gasteiger partial charge in [0.25, 0.3) is 0 Å². The first-order chi connectivity index (χ1) is 7.63. The van der Waals surface area contributed by atoms with Crippen molar-refractivity contribution in [1.29, 1.82) is 0 Å². The summed E-state index contributed by atoms with van der Waals surface area (Å²) in [6.45, 7) is 5.95. The normalized spacial score (nSPS) is 12.3. The zero-order chi connectivity index (χ0) is 13.3. The lowest BCUT2D eigenvalue weighted by Gasteiger charge is -2.22. The quantitative estimate of drug-likeness (QED) is 0.781. The van der Waals surface area contributed by atoms with Crippen molar-refractivity contribution in [2.24, 2.45) is 0 Å². The second-order valence-corrected chi connectivity index (χ2v) is 6.47. The second-order valence-electron chi connectivity index (χ2n) is 4.90. The molecule has 17 heavy (non-hydrogen) atoms. The van der Waals surface area contributed by atoms with Gasteiger partial charge >= 0.3 is 10.1 Å². The molecule has 0 aliphatic rings. The average Bonchev–Trinajstić information content (AvgIpc) is 2.14. The monoisotopic (exact) mass is 258 g/mol. The van der Waals surface area contributed by atoms with E-state index >= 15 is 0 Å². The molecule has 1 aromatic rings. The van der Waals surface area contributed by atoms with Crippen molar-refractivity contribution >= 4 is 10.1 Å². The molecule has 0 N–H and O–H groups in total. The maximum absolute atomic E-state index is 11.2. The molecule has 5 heteroatoms. The summed E-state index contributed by atoms with van der Waals surface area (Å²) >= 11 is 0. The predicted octanol–water partition coefficient (Wildman–Crippen LogP) is 2.33. The van der Waals surface area contributed by atoms with Gasteiger partial charge in [-0.25, -0.2) is 0 Å². The van der Waals surface area contributed by atoms with Crippen molar-refractivity contribution in [1.82, 2.24) is 0 Å². The molecule has 0 saturated heterocycles. The number of benzene rings is 1. The first kappa shape index (κ1) is 13.8. The summed E-state index contributed by atoms with van der Waals surface area (Å²) in [5.74, 6) is 1.02. The smallest absolute Gasteiger partial charge is 0.306 e. The summed E-state index contributed by atoms with van der Waals surface area (Å²) in [4.78, 5) is 0. The first-order valence-corrected chi connectivity index (χ1v) is 7.03. The minimum Gasteiger partial charge on any atom is -0.497 e. The Hall–Kier alpha value is -1.23. The molecule has 0 atom stereocenters. The number of methoxy groups -OCH3 is 1. The Labute approximate surface area is 103 Å². The number of ether oxygens (including phenoxy) is 1. The van der Waals surface area contributed by atoms with E-state index in [-0.39, 0.29) is 5.41 Å². The second kappa shape index (κ2) is 4.56. The van der Waals surface area contributed by atoms with Gasteiger partial charge in [0.15, 0.2) is 0 Å². The molecule has 0 fully saturated rings. The summed E-state index contributed by atoms with van der Waals surface area (Å²) in [6, 6.07) is 5.08. The van der Waals surface area contributed by atoms with Gasteiger partial charge in [-0.2, -0.15) is 8.42 Å². The zero-order valence-corrected chi connectivity index (χ0v) is 11.6. The Kier molecular flexibility index (Phi) is 3.71. The maximum Gasteiger partial charge on any atom is 0.306 e. The third-order valence-electron chi connectivity index (χ3n) is 2.24. The van der Waals surface area contributed by atoms with E-state index in [1.807, 2.05) is 20.8 Å². The molecule has 0 unspecified atom stereocenters. The molecule has 1 rings (SSSR count). The third-order valence-corrected chi connectivity index (χ3v) is 2.72. The van der Waals surface area contributed by atoms with Crippen molar-refractivity contribution in [2.45, 2.75) is 26.2 Å². The van der Waals surface area contributed by atoms with E-state index in [1.165, 1.54) is 0 Å². The average molecular weight is 258 g/mol. The van der Waals surface area contributed by atoms with Crippen molar-refractivity contribution in [3.8, 4) is 11.5 Å². The van der Waals surface area contributed by atoms with Crippen LogP contribution in [0.25, 0.3) is 0 Å². The Morgan fingerprint density at radius 1 is 1.18 bits per heavy atom. The topological polar surface area (TPSA) is 52.6 Å². The van der Waals surface area contributed by atoms with Crippen LogP contribution >= 0.6 is 0 Å². The summed E-state index contributed by atoms with van der Waals surface area (Å²) in [5, 5.41) is 0. The molecule has 0 aliphatic carbocycles. The molecule has 0 saturated carbocycles. The lowest BCUT2D eigenvalue weighted by Crippen LogP contribution is -2.16. The first-order valence-electron chi connectivity index (χ1n) is 5.21. The minimum atomic E-state index is -3.52. The van der Waals surface area contributed by atoms with Crippen molar-refractivity contribution in [3.63, 3.8) is 0 Å². The standard InChI is InChI=1S/C12H18O4S/c1-12(2,3)10-8-9(15-4)6-7-11(10)16-17(5,13)14/h6-8H,1-5H3. The van der Waals surface area contributed by atoms with Crippen LogP contribution in [0.1, 0.15) is 26.3 Å². The van der Waals surface area contributed by atoms with Crippen molar-refractivity contribution in [2.75, 3.05) is 13.4 Å². The molecule has 4 nitrogen and oxygen atoms in total. The van der Waals surface area contributed by atoms with E-state index in [4.69, 9.17) is 8.92 Å². The predicted molar refractivity (Wildman–Crippen MR) is 67.2 cm³/mol. The van der Waals surface area contributed by atoms with Gasteiger partial charge in [-0.3, -0.25) is 0 Å². The van der Waals surface area contributed by atoms with Crippen LogP contribution < -0.4 is 8.92 Å². The highest BCUT2D eigenvalue weighted by Gasteiger charge is 2.21. The summed E-state index contributed by atoms with van der Waals surface area (Å²) in [6.07, 6.45) is 1.03. The molecule has 0 heterocycles. The van der Waals surface area contributed by atoms with E-state index in [2.05, 4.69) is 0 Å². The molecule has 0 aromatic heterocycles. The SMILES string of the molecule is COc1ccc(OS(C)(=O)=O)c(C(C)(C)C)c1. The lowest BCUT2D eigenvalue weighted by molar-refractivity contribution is 0.410. The molecule has 0 aliphatic heterocycles. The van der Waals surface area contributed by atoms with Gasteiger partial charge in [0.2, 0.25) is 0 Å². The minimum absolute atomic E-state index is 0.228. The largest absolute Gasteiger partial charge is 0.497 e. The van der Waals surface area contributed by atoms with Gasteiger partial charge in [-0.05, 0) is 23.6 Å². The molecule has 96 valence electrons. The van der Waals surface area contributed by atoms with Gasteiger partial charge < -0.3 is 8.92 Å². The molecule has 1 aromatic carbocycles. The third kappa shape index (κ3) is 3.93. The molecular weight excluding hydrogens is 240 g/mol. The van der Waals surface area contributed by atoms with Gasteiger partial charge in [0.05, 0.1) is 13.4 Å². The fourth-order valence-corrected chi connectivity index (χ4v) is 1.93. The van der Waals surface area contributed by atoms with Crippen LogP contribution in [0.4, 0.5) is 0 Å². The molecular formula is C12H18O4S. The highest BCUT2D eigenvalue weighted by Crippen LogP contribution is 2.34. The Morgan fingerprint density at radius 2 is 1.76 bits per heavy atom. The van der Waals surface area contributed by atoms with Gasteiger partial charge in [-0.1, -0.05) is 20.8 Å². The van der Waals surface area contributed by atoms with Crippen LogP contribution in [-0.4, -0.2) is 21.8 Å². The molecule has 0 amide bonds. The Morgan fingerprint density at radius 3 is 2.18 bits per heavy atom. The van der Waals surface area contributed by atoms with E-state index in [0.717, 1.165) is 11.8 Å². The van der Waals surface area contributed by atoms with E-state index in [1.54, 1.807) is 25.3 Å².